The summed E-state index contributed by atoms with van der Waals surface area (Å²) in [6.07, 6.45) is 3.94. The van der Waals surface area contributed by atoms with Gasteiger partial charge >= 0.3 is 5.97 Å². The van der Waals surface area contributed by atoms with E-state index in [2.05, 4.69) is 5.32 Å². The van der Waals surface area contributed by atoms with Gasteiger partial charge < -0.3 is 10.1 Å². The van der Waals surface area contributed by atoms with Crippen LogP contribution >= 0.6 is 11.6 Å². The molecule has 0 saturated heterocycles. The Labute approximate surface area is 130 Å². The van der Waals surface area contributed by atoms with E-state index in [1.54, 1.807) is 12.1 Å². The molecule has 1 rings (SSSR count). The normalized spacial score (nSPS) is 10.2. The molecule has 0 aliphatic rings. The topological polar surface area (TPSA) is 55.4 Å². The van der Waals surface area contributed by atoms with Gasteiger partial charge in [-0.3, -0.25) is 9.59 Å². The van der Waals surface area contributed by atoms with Crippen LogP contribution in [0.15, 0.2) is 24.3 Å². The van der Waals surface area contributed by atoms with E-state index in [1.165, 1.54) is 0 Å². The molecule has 0 aliphatic heterocycles. The van der Waals surface area contributed by atoms with E-state index < -0.39 is 0 Å². The molecule has 0 spiro atoms. The van der Waals surface area contributed by atoms with Gasteiger partial charge in [0.2, 0.25) is 5.91 Å². The minimum Gasteiger partial charge on any atom is -0.466 e. The zero-order chi connectivity index (χ0) is 15.5. The van der Waals surface area contributed by atoms with Crippen LogP contribution in [-0.2, 0) is 14.3 Å². The van der Waals surface area contributed by atoms with Crippen molar-refractivity contribution < 1.29 is 14.3 Å². The first-order valence-electron chi connectivity index (χ1n) is 7.33. The van der Waals surface area contributed by atoms with Gasteiger partial charge in [-0.1, -0.05) is 37.1 Å². The molecule has 1 N–H and O–H groups in total. The van der Waals surface area contributed by atoms with E-state index in [4.69, 9.17) is 16.3 Å². The lowest BCUT2D eigenvalue weighted by Gasteiger charge is -2.07. The second kappa shape index (κ2) is 10.2. The van der Waals surface area contributed by atoms with Crippen LogP contribution in [0.5, 0.6) is 0 Å². The summed E-state index contributed by atoms with van der Waals surface area (Å²) in [6, 6.07) is 7.10. The number of carbonyl (C=O) groups excluding carboxylic acids is 2. The summed E-state index contributed by atoms with van der Waals surface area (Å²) >= 11 is 5.96. The summed E-state index contributed by atoms with van der Waals surface area (Å²) in [6.45, 7) is 2.54. The molecule has 116 valence electrons. The smallest absolute Gasteiger partial charge is 0.305 e. The number of unbranched alkanes of at least 4 members (excludes halogenated alkanes) is 2. The van der Waals surface area contributed by atoms with Crippen LogP contribution in [0, 0.1) is 0 Å². The zero-order valence-electron chi connectivity index (χ0n) is 12.4. The lowest BCUT2D eigenvalue weighted by Crippen LogP contribution is -2.12. The molecule has 4 nitrogen and oxygen atoms in total. The molecule has 21 heavy (non-hydrogen) atoms. The molecule has 0 radical (unpaired) electrons. The van der Waals surface area contributed by atoms with Gasteiger partial charge in [0.15, 0.2) is 0 Å². The summed E-state index contributed by atoms with van der Waals surface area (Å²) in [4.78, 5) is 23.1. The number of hydrogen-bond donors (Lipinski definition) is 1. The minimum atomic E-state index is -0.185. The quantitative estimate of drug-likeness (QED) is 0.550. The average molecular weight is 312 g/mol. The Kier molecular flexibility index (Phi) is 8.51. The molecule has 1 aromatic rings. The molecule has 1 aromatic carbocycles. The van der Waals surface area contributed by atoms with Gasteiger partial charge in [0.05, 0.1) is 17.3 Å². The third-order valence-electron chi connectivity index (χ3n) is 2.94. The van der Waals surface area contributed by atoms with Crippen LogP contribution in [0.25, 0.3) is 0 Å². The summed E-state index contributed by atoms with van der Waals surface area (Å²) in [5, 5.41) is 3.27. The number of para-hydroxylation sites is 1. The van der Waals surface area contributed by atoms with Crippen LogP contribution in [-0.4, -0.2) is 18.5 Å². The van der Waals surface area contributed by atoms with Gasteiger partial charge in [0.25, 0.3) is 0 Å². The number of rotatable bonds is 9. The van der Waals surface area contributed by atoms with Crippen molar-refractivity contribution in [3.05, 3.63) is 29.3 Å². The number of halogens is 1. The van der Waals surface area contributed by atoms with Crippen LogP contribution in [0.3, 0.4) is 0 Å². The molecule has 0 aliphatic carbocycles. The lowest BCUT2D eigenvalue weighted by atomic mass is 10.2. The highest BCUT2D eigenvalue weighted by molar-refractivity contribution is 6.33. The maximum absolute atomic E-state index is 11.7. The molecule has 5 heteroatoms. The van der Waals surface area contributed by atoms with Crippen molar-refractivity contribution in [3.63, 3.8) is 0 Å². The van der Waals surface area contributed by atoms with Gasteiger partial charge in [0, 0.05) is 12.8 Å². The number of ether oxygens (including phenoxy) is 1. The van der Waals surface area contributed by atoms with Crippen molar-refractivity contribution in [1.82, 2.24) is 0 Å². The molecule has 0 heterocycles. The molecule has 0 unspecified atom stereocenters. The fraction of sp³-hybridized carbons (Fsp3) is 0.500. The predicted molar refractivity (Wildman–Crippen MR) is 84.4 cm³/mol. The van der Waals surface area contributed by atoms with E-state index in [0.29, 0.717) is 43.0 Å². The SMILES string of the molecule is CCCCOC(=O)CCCCC(=O)Nc1ccccc1Cl. The van der Waals surface area contributed by atoms with E-state index >= 15 is 0 Å². The van der Waals surface area contributed by atoms with Crippen LogP contribution in [0.4, 0.5) is 5.69 Å². The average Bonchev–Trinajstić information content (AvgIpc) is 2.46. The van der Waals surface area contributed by atoms with Gasteiger partial charge in [0.1, 0.15) is 0 Å². The van der Waals surface area contributed by atoms with Crippen molar-refractivity contribution in [1.29, 1.82) is 0 Å². The Hall–Kier alpha value is -1.55. The Balaban J connectivity index is 2.14. The molecule has 0 atom stereocenters. The Morgan fingerprint density at radius 1 is 1.14 bits per heavy atom. The van der Waals surface area contributed by atoms with Crippen LogP contribution in [0.2, 0.25) is 5.02 Å². The number of amides is 1. The number of anilines is 1. The second-order valence-electron chi connectivity index (χ2n) is 4.81. The fourth-order valence-electron chi connectivity index (χ4n) is 1.73. The monoisotopic (exact) mass is 311 g/mol. The van der Waals surface area contributed by atoms with Gasteiger partial charge in [-0.25, -0.2) is 0 Å². The predicted octanol–water partition coefficient (Wildman–Crippen LogP) is 4.18. The number of carbonyl (C=O) groups is 2. The Morgan fingerprint density at radius 2 is 1.86 bits per heavy atom. The first-order valence-corrected chi connectivity index (χ1v) is 7.71. The van der Waals surface area contributed by atoms with Crippen molar-refractivity contribution >= 4 is 29.2 Å². The molecular formula is C16H22ClNO3. The van der Waals surface area contributed by atoms with Gasteiger partial charge in [-0.05, 0) is 31.4 Å². The number of esters is 1. The van der Waals surface area contributed by atoms with E-state index in [9.17, 15) is 9.59 Å². The van der Waals surface area contributed by atoms with Gasteiger partial charge in [-0.15, -0.1) is 0 Å². The standard InChI is InChI=1S/C16H22ClNO3/c1-2-3-12-21-16(20)11-7-6-10-15(19)18-14-9-5-4-8-13(14)17/h4-5,8-9H,2-3,6-7,10-12H2,1H3,(H,18,19). The van der Waals surface area contributed by atoms with Gasteiger partial charge in [-0.2, -0.15) is 0 Å². The fourth-order valence-corrected chi connectivity index (χ4v) is 1.92. The Morgan fingerprint density at radius 3 is 2.57 bits per heavy atom. The number of hydrogen-bond acceptors (Lipinski definition) is 3. The van der Waals surface area contributed by atoms with Crippen LogP contribution < -0.4 is 5.32 Å². The second-order valence-corrected chi connectivity index (χ2v) is 5.22. The lowest BCUT2D eigenvalue weighted by molar-refractivity contribution is -0.144. The summed E-state index contributed by atoms with van der Waals surface area (Å²) in [5.41, 5.74) is 0.614. The maximum Gasteiger partial charge on any atom is 0.305 e. The number of nitrogens with one attached hydrogen (secondary N) is 1. The van der Waals surface area contributed by atoms with E-state index in [-0.39, 0.29) is 11.9 Å². The van der Waals surface area contributed by atoms with Crippen molar-refractivity contribution in [2.24, 2.45) is 0 Å². The Bertz CT molecular complexity index is 463. The van der Waals surface area contributed by atoms with Crippen LogP contribution in [0.1, 0.15) is 45.4 Å². The third-order valence-corrected chi connectivity index (χ3v) is 3.27. The highest BCUT2D eigenvalue weighted by Crippen LogP contribution is 2.20. The molecule has 0 saturated carbocycles. The highest BCUT2D eigenvalue weighted by atomic mass is 35.5. The van der Waals surface area contributed by atoms with Crippen molar-refractivity contribution in [2.75, 3.05) is 11.9 Å². The first kappa shape index (κ1) is 17.5. The summed E-state index contributed by atoms with van der Waals surface area (Å²) in [5.74, 6) is -0.280. The largest absolute Gasteiger partial charge is 0.466 e. The third kappa shape index (κ3) is 7.71. The molecular weight excluding hydrogens is 290 g/mol. The highest BCUT2D eigenvalue weighted by Gasteiger charge is 2.07. The molecule has 0 aromatic heterocycles. The zero-order valence-corrected chi connectivity index (χ0v) is 13.1. The van der Waals surface area contributed by atoms with Crippen molar-refractivity contribution in [3.8, 4) is 0 Å². The number of benzene rings is 1. The molecule has 1 amide bonds. The summed E-state index contributed by atoms with van der Waals surface area (Å²) in [7, 11) is 0. The summed E-state index contributed by atoms with van der Waals surface area (Å²) < 4.78 is 5.04. The van der Waals surface area contributed by atoms with E-state index in [0.717, 1.165) is 12.8 Å². The molecule has 0 bridgehead atoms. The molecule has 0 fully saturated rings. The van der Waals surface area contributed by atoms with E-state index in [1.807, 2.05) is 19.1 Å². The maximum atomic E-state index is 11.7. The first-order chi connectivity index (χ1) is 10.1. The van der Waals surface area contributed by atoms with Crippen molar-refractivity contribution in [2.45, 2.75) is 45.4 Å². The minimum absolute atomic E-state index is 0.0950.